The van der Waals surface area contributed by atoms with E-state index in [1.54, 1.807) is 43.5 Å². The van der Waals surface area contributed by atoms with E-state index in [1.165, 1.54) is 12.1 Å². The first-order valence-electron chi connectivity index (χ1n) is 6.49. The number of halogens is 1. The molecule has 3 nitrogen and oxygen atoms in total. The Morgan fingerprint density at radius 1 is 1.19 bits per heavy atom. The predicted molar refractivity (Wildman–Crippen MR) is 77.2 cm³/mol. The minimum absolute atomic E-state index is 0.0977. The van der Waals surface area contributed by atoms with E-state index >= 15 is 0 Å². The van der Waals surface area contributed by atoms with E-state index in [-0.39, 0.29) is 18.2 Å². The largest absolute Gasteiger partial charge is 0.497 e. The Hall–Kier alpha value is -2.62. The number of hydrogen-bond donors (Lipinski definition) is 0. The van der Waals surface area contributed by atoms with Gasteiger partial charge >= 0.3 is 0 Å². The van der Waals surface area contributed by atoms with Gasteiger partial charge in [0.15, 0.2) is 5.78 Å². The molecule has 0 radical (unpaired) electrons. The van der Waals surface area contributed by atoms with Crippen molar-refractivity contribution in [2.45, 2.75) is 0 Å². The van der Waals surface area contributed by atoms with Gasteiger partial charge in [0, 0.05) is 5.57 Å². The van der Waals surface area contributed by atoms with Crippen LogP contribution in [0.15, 0.2) is 48.0 Å². The first kappa shape index (κ1) is 13.4. The highest BCUT2D eigenvalue weighted by Gasteiger charge is 2.23. The molecule has 0 aliphatic carbocycles. The summed E-state index contributed by atoms with van der Waals surface area (Å²) in [6, 6.07) is 11.1. The molecule has 106 valence electrons. The van der Waals surface area contributed by atoms with Crippen molar-refractivity contribution < 1.29 is 18.7 Å². The Balaban J connectivity index is 1.96. The molecule has 0 bridgehead atoms. The van der Waals surface area contributed by atoms with Crippen LogP contribution in [0.3, 0.4) is 0 Å². The molecule has 0 unspecified atom stereocenters. The molecule has 0 N–H and O–H groups in total. The normalized spacial score (nSPS) is 15.5. The molecule has 4 heteroatoms. The van der Waals surface area contributed by atoms with Crippen molar-refractivity contribution in [3.05, 3.63) is 65.0 Å². The van der Waals surface area contributed by atoms with Gasteiger partial charge in [0.2, 0.25) is 0 Å². The van der Waals surface area contributed by atoms with Gasteiger partial charge in [0.25, 0.3) is 0 Å². The molecule has 3 rings (SSSR count). The predicted octanol–water partition coefficient (Wildman–Crippen LogP) is 3.49. The van der Waals surface area contributed by atoms with E-state index in [0.29, 0.717) is 22.6 Å². The number of methoxy groups -OCH3 is 1. The van der Waals surface area contributed by atoms with Gasteiger partial charge in [-0.15, -0.1) is 0 Å². The van der Waals surface area contributed by atoms with Crippen molar-refractivity contribution in [3.63, 3.8) is 0 Å². The smallest absolute Gasteiger partial charge is 0.196 e. The maximum atomic E-state index is 12.9. The summed E-state index contributed by atoms with van der Waals surface area (Å²) in [4.78, 5) is 12.5. The zero-order valence-corrected chi connectivity index (χ0v) is 11.4. The fourth-order valence-electron chi connectivity index (χ4n) is 2.20. The monoisotopic (exact) mass is 284 g/mol. The molecule has 1 aliphatic heterocycles. The van der Waals surface area contributed by atoms with E-state index in [0.717, 1.165) is 5.56 Å². The molecule has 1 aliphatic rings. The minimum atomic E-state index is -0.307. The van der Waals surface area contributed by atoms with Gasteiger partial charge in [-0.05, 0) is 42.0 Å². The van der Waals surface area contributed by atoms with Gasteiger partial charge in [0.1, 0.15) is 23.9 Å². The number of hydrogen-bond acceptors (Lipinski definition) is 3. The quantitative estimate of drug-likeness (QED) is 0.792. The van der Waals surface area contributed by atoms with Crippen LogP contribution in [-0.2, 0) is 0 Å². The molecule has 21 heavy (non-hydrogen) atoms. The van der Waals surface area contributed by atoms with E-state index in [9.17, 15) is 9.18 Å². The van der Waals surface area contributed by atoms with Crippen molar-refractivity contribution in [2.75, 3.05) is 13.7 Å². The molecule has 0 saturated carbocycles. The molecule has 0 spiro atoms. The fourth-order valence-corrected chi connectivity index (χ4v) is 2.20. The van der Waals surface area contributed by atoms with Gasteiger partial charge in [-0.25, -0.2) is 4.39 Å². The molecule has 0 atom stereocenters. The lowest BCUT2D eigenvalue weighted by Gasteiger charge is -2.19. The average molecular weight is 284 g/mol. The van der Waals surface area contributed by atoms with Crippen LogP contribution in [-0.4, -0.2) is 19.5 Å². The number of ether oxygens (including phenoxy) is 2. The summed E-state index contributed by atoms with van der Waals surface area (Å²) < 4.78 is 23.6. The fraction of sp³-hybridized carbons (Fsp3) is 0.118. The van der Waals surface area contributed by atoms with Crippen LogP contribution in [0.25, 0.3) is 6.08 Å². The Morgan fingerprint density at radius 2 is 1.95 bits per heavy atom. The van der Waals surface area contributed by atoms with Gasteiger partial charge in [-0.3, -0.25) is 4.79 Å². The van der Waals surface area contributed by atoms with E-state index < -0.39 is 0 Å². The van der Waals surface area contributed by atoms with Crippen molar-refractivity contribution in [1.29, 1.82) is 0 Å². The molecule has 0 amide bonds. The molecule has 2 aromatic rings. The number of carbonyl (C=O) groups excluding carboxylic acids is 1. The van der Waals surface area contributed by atoms with Crippen LogP contribution in [0.4, 0.5) is 4.39 Å². The van der Waals surface area contributed by atoms with E-state index in [1.807, 2.05) is 0 Å². The number of benzene rings is 2. The van der Waals surface area contributed by atoms with Crippen LogP contribution in [0.1, 0.15) is 15.9 Å². The van der Waals surface area contributed by atoms with E-state index in [4.69, 9.17) is 9.47 Å². The van der Waals surface area contributed by atoms with Crippen LogP contribution in [0, 0.1) is 5.82 Å². The number of rotatable bonds is 2. The maximum absolute atomic E-state index is 12.9. The third kappa shape index (κ3) is 2.65. The molecular formula is C17H13FO3. The minimum Gasteiger partial charge on any atom is -0.497 e. The molecule has 0 saturated heterocycles. The molecular weight excluding hydrogens is 271 g/mol. The third-order valence-electron chi connectivity index (χ3n) is 3.32. The van der Waals surface area contributed by atoms with Crippen LogP contribution in [0.5, 0.6) is 11.5 Å². The highest BCUT2D eigenvalue weighted by atomic mass is 19.1. The van der Waals surface area contributed by atoms with Gasteiger partial charge in [-0.1, -0.05) is 12.1 Å². The van der Waals surface area contributed by atoms with E-state index in [2.05, 4.69) is 0 Å². The van der Waals surface area contributed by atoms with Crippen molar-refractivity contribution in [3.8, 4) is 11.5 Å². The lowest BCUT2D eigenvalue weighted by atomic mass is 9.98. The third-order valence-corrected chi connectivity index (χ3v) is 3.32. The summed E-state index contributed by atoms with van der Waals surface area (Å²) in [6.07, 6.45) is 1.71. The van der Waals surface area contributed by atoms with Crippen LogP contribution in [0.2, 0.25) is 0 Å². The topological polar surface area (TPSA) is 35.5 Å². The summed E-state index contributed by atoms with van der Waals surface area (Å²) in [5.74, 6) is 0.753. The Bertz CT molecular complexity index is 717. The summed E-state index contributed by atoms with van der Waals surface area (Å²) >= 11 is 0. The maximum Gasteiger partial charge on any atom is 0.196 e. The van der Waals surface area contributed by atoms with Gasteiger partial charge in [-0.2, -0.15) is 0 Å². The summed E-state index contributed by atoms with van der Waals surface area (Å²) in [7, 11) is 1.55. The van der Waals surface area contributed by atoms with Gasteiger partial charge < -0.3 is 9.47 Å². The highest BCUT2D eigenvalue weighted by Crippen LogP contribution is 2.31. The van der Waals surface area contributed by atoms with Gasteiger partial charge in [0.05, 0.1) is 12.7 Å². The van der Waals surface area contributed by atoms with Crippen molar-refractivity contribution >= 4 is 11.9 Å². The molecule has 0 aromatic heterocycles. The number of carbonyl (C=O) groups is 1. The SMILES string of the molecule is COc1ccc2c(c1)C(=O)/C(=C\c1ccc(F)cc1)CO2. The molecule has 1 heterocycles. The molecule has 0 fully saturated rings. The lowest BCUT2D eigenvalue weighted by Crippen LogP contribution is -2.19. The number of fused-ring (bicyclic) bond motifs is 1. The summed E-state index contributed by atoms with van der Waals surface area (Å²) in [5, 5.41) is 0. The van der Waals surface area contributed by atoms with Crippen molar-refractivity contribution in [2.24, 2.45) is 0 Å². The highest BCUT2D eigenvalue weighted by molar-refractivity contribution is 6.14. The molecule has 2 aromatic carbocycles. The average Bonchev–Trinajstić information content (AvgIpc) is 2.52. The second kappa shape index (κ2) is 5.40. The Kier molecular flexibility index (Phi) is 3.44. The second-order valence-electron chi connectivity index (χ2n) is 4.70. The first-order chi connectivity index (χ1) is 10.2. The Labute approximate surface area is 121 Å². The van der Waals surface area contributed by atoms with Crippen molar-refractivity contribution in [1.82, 2.24) is 0 Å². The lowest BCUT2D eigenvalue weighted by molar-refractivity contribution is 0.100. The zero-order valence-electron chi connectivity index (χ0n) is 11.4. The van der Waals surface area contributed by atoms with Crippen LogP contribution < -0.4 is 9.47 Å². The standard InChI is InChI=1S/C17H13FO3/c1-20-14-6-7-16-15(9-14)17(19)12(10-21-16)8-11-2-4-13(18)5-3-11/h2-9H,10H2,1H3/b12-8-. The first-order valence-corrected chi connectivity index (χ1v) is 6.49. The number of ketones is 1. The summed E-state index contributed by atoms with van der Waals surface area (Å²) in [6.45, 7) is 0.204. The zero-order chi connectivity index (χ0) is 14.8. The number of Topliss-reactive ketones (excluding diaryl/α,β-unsaturated/α-hetero) is 1. The Morgan fingerprint density at radius 3 is 2.67 bits per heavy atom. The second-order valence-corrected chi connectivity index (χ2v) is 4.70. The summed E-state index contributed by atoms with van der Waals surface area (Å²) in [5.41, 5.74) is 1.77. The van der Waals surface area contributed by atoms with Crippen LogP contribution >= 0.6 is 0 Å².